The number of carbonyl (C=O) groups excluding carboxylic acids is 2. The SMILES string of the molecule is O=C(O)c1cccc(CN(C(=O)c2cc(-c3cc4c(cc3C(=O)N3Cc5ccccc5CC3CN3CCOCC3)OCO4)n3c2CCCC3)c2ccc(O)cc2)c1. The molecule has 57 heavy (non-hydrogen) atoms. The van der Waals surface area contributed by atoms with E-state index in [1.165, 1.54) is 23.8 Å². The van der Waals surface area contributed by atoms with Crippen LogP contribution in [0.15, 0.2) is 91.0 Å². The predicted molar refractivity (Wildman–Crippen MR) is 212 cm³/mol. The lowest BCUT2D eigenvalue weighted by Crippen LogP contribution is -2.52. The lowest BCUT2D eigenvalue weighted by molar-refractivity contribution is 0.0193. The molecule has 0 saturated carbocycles. The number of aromatic carboxylic acids is 1. The Balaban J connectivity index is 1.13. The number of aromatic nitrogens is 1. The summed E-state index contributed by atoms with van der Waals surface area (Å²) in [6.07, 6.45) is 3.20. The fourth-order valence-electron chi connectivity index (χ4n) is 8.68. The summed E-state index contributed by atoms with van der Waals surface area (Å²) in [7, 11) is 0. The minimum absolute atomic E-state index is 0.0455. The number of hydrogen-bond acceptors (Lipinski definition) is 8. The van der Waals surface area contributed by atoms with Crippen molar-refractivity contribution in [3.05, 3.63) is 130 Å². The van der Waals surface area contributed by atoms with Crippen molar-refractivity contribution in [2.24, 2.45) is 0 Å². The zero-order valence-corrected chi connectivity index (χ0v) is 31.6. The fourth-order valence-corrected chi connectivity index (χ4v) is 8.68. The molecule has 2 N–H and O–H groups in total. The molecule has 9 rings (SSSR count). The van der Waals surface area contributed by atoms with Crippen LogP contribution in [0.5, 0.6) is 17.2 Å². The quantitative estimate of drug-likeness (QED) is 0.176. The van der Waals surface area contributed by atoms with E-state index in [1.807, 2.05) is 23.1 Å². The smallest absolute Gasteiger partial charge is 0.335 e. The standard InChI is InChI=1S/C45H44N4O8/c50-35-13-11-33(12-14-35)48(25-29-6-5-9-31(20-29)45(53)54)44(52)38-22-40(47-15-4-3-10-39(38)47)36-23-41-42(57-28-56-41)24-37(36)43(51)49-26-32-8-2-1-7-30(32)21-34(49)27-46-16-18-55-19-17-46/h1-2,5-9,11-14,20,22-24,34,50H,3-4,10,15-19,21,25-28H2,(H,53,54). The third-order valence-electron chi connectivity index (χ3n) is 11.6. The fraction of sp³-hybridized carbons (Fsp3) is 0.311. The van der Waals surface area contributed by atoms with E-state index in [4.69, 9.17) is 14.2 Å². The van der Waals surface area contributed by atoms with Crippen molar-refractivity contribution in [2.45, 2.75) is 51.4 Å². The van der Waals surface area contributed by atoms with E-state index < -0.39 is 5.97 Å². The molecule has 1 saturated heterocycles. The van der Waals surface area contributed by atoms with Gasteiger partial charge in [-0.15, -0.1) is 0 Å². The lowest BCUT2D eigenvalue weighted by Gasteiger charge is -2.40. The average molecular weight is 769 g/mol. The first-order valence-electron chi connectivity index (χ1n) is 19.6. The van der Waals surface area contributed by atoms with Gasteiger partial charge in [-0.2, -0.15) is 0 Å². The number of phenolic OH excluding ortho intramolecular Hbond substituents is 1. The topological polar surface area (TPSA) is 134 Å². The van der Waals surface area contributed by atoms with Crippen LogP contribution in [-0.4, -0.2) is 88.0 Å². The number of rotatable bonds is 9. The van der Waals surface area contributed by atoms with E-state index in [0.29, 0.717) is 72.2 Å². The molecule has 1 fully saturated rings. The molecule has 12 heteroatoms. The van der Waals surface area contributed by atoms with Gasteiger partial charge in [-0.05, 0) is 97.0 Å². The number of aromatic hydroxyl groups is 1. The highest BCUT2D eigenvalue weighted by Crippen LogP contribution is 2.42. The van der Waals surface area contributed by atoms with Gasteiger partial charge in [-0.1, -0.05) is 36.4 Å². The molecule has 2 amide bonds. The summed E-state index contributed by atoms with van der Waals surface area (Å²) < 4.78 is 19.6. The Bertz CT molecular complexity index is 2350. The van der Waals surface area contributed by atoms with Crippen molar-refractivity contribution >= 4 is 23.5 Å². The van der Waals surface area contributed by atoms with Gasteiger partial charge in [0.05, 0.1) is 36.4 Å². The van der Waals surface area contributed by atoms with Crippen molar-refractivity contribution in [1.82, 2.24) is 14.4 Å². The summed E-state index contributed by atoms with van der Waals surface area (Å²) in [6, 6.07) is 26.8. The van der Waals surface area contributed by atoms with Gasteiger partial charge in [0.25, 0.3) is 11.8 Å². The summed E-state index contributed by atoms with van der Waals surface area (Å²) >= 11 is 0. The molecule has 292 valence electrons. The Hall–Kier alpha value is -6.11. The summed E-state index contributed by atoms with van der Waals surface area (Å²) in [5.41, 5.74) is 6.96. The maximum absolute atomic E-state index is 15.2. The van der Waals surface area contributed by atoms with Crippen molar-refractivity contribution < 1.29 is 38.8 Å². The Morgan fingerprint density at radius 2 is 1.58 bits per heavy atom. The first kappa shape index (κ1) is 36.5. The van der Waals surface area contributed by atoms with Crippen molar-refractivity contribution in [3.8, 4) is 28.5 Å². The van der Waals surface area contributed by atoms with Crippen molar-refractivity contribution in [3.63, 3.8) is 0 Å². The summed E-state index contributed by atoms with van der Waals surface area (Å²) in [5, 5.41) is 19.8. The van der Waals surface area contributed by atoms with Crippen LogP contribution in [0, 0.1) is 0 Å². The second-order valence-electron chi connectivity index (χ2n) is 15.1. The number of carbonyl (C=O) groups is 3. The number of ether oxygens (including phenoxy) is 3. The molecule has 4 aliphatic rings. The number of carboxylic acid groups (broad SMARTS) is 1. The zero-order chi connectivity index (χ0) is 39.0. The van der Waals surface area contributed by atoms with E-state index in [1.54, 1.807) is 41.3 Å². The molecule has 1 unspecified atom stereocenters. The Morgan fingerprint density at radius 3 is 2.37 bits per heavy atom. The molecular formula is C45H44N4O8. The number of carboxylic acids is 1. The van der Waals surface area contributed by atoms with E-state index >= 15 is 4.79 Å². The Kier molecular flexibility index (Phi) is 9.89. The zero-order valence-electron chi connectivity index (χ0n) is 31.6. The van der Waals surface area contributed by atoms with Crippen LogP contribution in [-0.2, 0) is 37.2 Å². The lowest BCUT2D eigenvalue weighted by atomic mass is 9.92. The number of morpholine rings is 1. The maximum Gasteiger partial charge on any atom is 0.335 e. The molecule has 0 radical (unpaired) electrons. The predicted octanol–water partition coefficient (Wildman–Crippen LogP) is 6.37. The highest BCUT2D eigenvalue weighted by molar-refractivity contribution is 6.09. The summed E-state index contributed by atoms with van der Waals surface area (Å²) in [4.78, 5) is 48.0. The highest BCUT2D eigenvalue weighted by Gasteiger charge is 2.36. The molecule has 1 atom stereocenters. The van der Waals surface area contributed by atoms with Crippen LogP contribution in [0.1, 0.15) is 66.3 Å². The first-order chi connectivity index (χ1) is 27.8. The number of nitrogens with zero attached hydrogens (tertiary/aromatic N) is 4. The van der Waals surface area contributed by atoms with Crippen LogP contribution in [0.4, 0.5) is 5.69 Å². The molecule has 12 nitrogen and oxygen atoms in total. The monoisotopic (exact) mass is 768 g/mol. The van der Waals surface area contributed by atoms with Gasteiger partial charge in [0.1, 0.15) is 5.75 Å². The van der Waals surface area contributed by atoms with Crippen molar-refractivity contribution in [1.29, 1.82) is 0 Å². The van der Waals surface area contributed by atoms with Gasteiger partial charge >= 0.3 is 5.97 Å². The number of amides is 2. The van der Waals surface area contributed by atoms with Gasteiger partial charge in [-0.3, -0.25) is 14.5 Å². The Morgan fingerprint density at radius 1 is 0.807 bits per heavy atom. The molecule has 0 spiro atoms. The van der Waals surface area contributed by atoms with Gasteiger partial charge < -0.3 is 38.8 Å². The van der Waals surface area contributed by atoms with E-state index in [-0.39, 0.29) is 42.5 Å². The van der Waals surface area contributed by atoms with Crippen LogP contribution < -0.4 is 14.4 Å². The number of fused-ring (bicyclic) bond motifs is 3. The van der Waals surface area contributed by atoms with Crippen molar-refractivity contribution in [2.75, 3.05) is 44.5 Å². The van der Waals surface area contributed by atoms with Gasteiger partial charge in [0, 0.05) is 61.4 Å². The number of phenols is 1. The van der Waals surface area contributed by atoms with Gasteiger partial charge in [0.2, 0.25) is 6.79 Å². The number of hydrogen-bond donors (Lipinski definition) is 2. The van der Waals surface area contributed by atoms with Gasteiger partial charge in [-0.25, -0.2) is 4.79 Å². The molecule has 5 aromatic rings. The minimum Gasteiger partial charge on any atom is -0.508 e. The maximum atomic E-state index is 15.2. The van der Waals surface area contributed by atoms with Crippen LogP contribution in [0.25, 0.3) is 11.3 Å². The summed E-state index contributed by atoms with van der Waals surface area (Å²) in [5.74, 6) is -0.330. The average Bonchev–Trinajstić information content (AvgIpc) is 3.87. The molecule has 1 aromatic heterocycles. The second-order valence-corrected chi connectivity index (χ2v) is 15.1. The molecule has 4 aromatic carbocycles. The van der Waals surface area contributed by atoms with Gasteiger partial charge in [0.15, 0.2) is 11.5 Å². The third-order valence-corrected chi connectivity index (χ3v) is 11.6. The third kappa shape index (κ3) is 7.22. The second kappa shape index (κ2) is 15.4. The normalized spacial score (nSPS) is 17.5. The van der Waals surface area contributed by atoms with E-state index in [9.17, 15) is 19.8 Å². The largest absolute Gasteiger partial charge is 0.508 e. The van der Waals surface area contributed by atoms with Crippen LogP contribution in [0.3, 0.4) is 0 Å². The number of benzene rings is 4. The minimum atomic E-state index is -1.05. The van der Waals surface area contributed by atoms with Crippen LogP contribution >= 0.6 is 0 Å². The molecule has 4 aliphatic heterocycles. The molecular weight excluding hydrogens is 725 g/mol. The number of anilines is 1. The first-order valence-corrected chi connectivity index (χ1v) is 19.6. The molecule has 5 heterocycles. The Labute approximate surface area is 330 Å². The molecule has 0 aliphatic carbocycles. The summed E-state index contributed by atoms with van der Waals surface area (Å²) in [6.45, 7) is 4.97. The highest BCUT2D eigenvalue weighted by atomic mass is 16.7. The van der Waals surface area contributed by atoms with Crippen LogP contribution in [0.2, 0.25) is 0 Å². The van der Waals surface area contributed by atoms with E-state index in [0.717, 1.165) is 55.8 Å². The van der Waals surface area contributed by atoms with E-state index in [2.05, 4.69) is 27.7 Å². The molecule has 0 bridgehead atoms.